The van der Waals surface area contributed by atoms with E-state index in [1.165, 1.54) is 6.08 Å². The van der Waals surface area contributed by atoms with Crippen LogP contribution in [-0.2, 0) is 0 Å². The van der Waals surface area contributed by atoms with E-state index in [0.717, 1.165) is 33.2 Å². The average molecular weight is 604 g/mol. The number of hydrogen-bond acceptors (Lipinski definition) is 6. The fourth-order valence-electron chi connectivity index (χ4n) is 6.05. The number of anilines is 1. The number of aromatic nitrogens is 2. The number of hydrogen-bond donors (Lipinski definition) is 1. The van der Waals surface area contributed by atoms with Crippen molar-refractivity contribution in [2.24, 2.45) is 0 Å². The van der Waals surface area contributed by atoms with Crippen molar-refractivity contribution in [3.05, 3.63) is 99.6 Å². The number of para-hydroxylation sites is 1. The molecule has 42 heavy (non-hydrogen) atoms. The van der Waals surface area contributed by atoms with E-state index in [1.54, 1.807) is 16.9 Å². The van der Waals surface area contributed by atoms with Crippen molar-refractivity contribution in [2.75, 3.05) is 24.5 Å². The van der Waals surface area contributed by atoms with Gasteiger partial charge in [-0.15, -0.1) is 0 Å². The molecule has 0 aliphatic carbocycles. The number of aliphatic hydroxyl groups is 1. The van der Waals surface area contributed by atoms with Gasteiger partial charge in [-0.05, 0) is 54.3 Å². The first-order chi connectivity index (χ1) is 20.2. The highest BCUT2D eigenvalue weighted by atomic mass is 35.5. The standard InChI is InChI=1S/C33H32Cl2N4O3/c1-5-28(40)37-14-15-38(20(4)18-37)32-29-27(39(33(41)36-32)26-12-7-6-9-21(26)19(2)3)17-24(23-13-16-42-31(23)29)22-10-8-11-25(34)30(22)35/h5-13,16-17,19-20,28,40H,1,14-15,18H2,2-4H3/t20-,28?/m0/s1. The number of rotatable bonds is 6. The predicted molar refractivity (Wildman–Crippen MR) is 171 cm³/mol. The Labute approximate surface area is 254 Å². The third-order valence-corrected chi connectivity index (χ3v) is 8.95. The summed E-state index contributed by atoms with van der Waals surface area (Å²) >= 11 is 13.2. The lowest BCUT2D eigenvalue weighted by atomic mass is 9.97. The minimum Gasteiger partial charge on any atom is -0.463 e. The summed E-state index contributed by atoms with van der Waals surface area (Å²) in [6.45, 7) is 11.7. The first kappa shape index (κ1) is 28.5. The van der Waals surface area contributed by atoms with E-state index in [-0.39, 0.29) is 17.6 Å². The van der Waals surface area contributed by atoms with E-state index >= 15 is 0 Å². The van der Waals surface area contributed by atoms with Crippen LogP contribution in [0.1, 0.15) is 32.3 Å². The summed E-state index contributed by atoms with van der Waals surface area (Å²) in [7, 11) is 0. The second-order valence-electron chi connectivity index (χ2n) is 11.0. The van der Waals surface area contributed by atoms with Crippen LogP contribution in [0, 0.1) is 0 Å². The molecule has 3 aromatic carbocycles. The Morgan fingerprint density at radius 1 is 1.10 bits per heavy atom. The second-order valence-corrected chi connectivity index (χ2v) is 11.8. The number of benzene rings is 3. The zero-order valence-electron chi connectivity index (χ0n) is 23.7. The third kappa shape index (κ3) is 4.71. The number of halogens is 2. The van der Waals surface area contributed by atoms with E-state index < -0.39 is 6.23 Å². The van der Waals surface area contributed by atoms with E-state index in [9.17, 15) is 9.90 Å². The molecule has 1 unspecified atom stereocenters. The summed E-state index contributed by atoms with van der Waals surface area (Å²) in [5, 5.41) is 12.8. The molecule has 3 heterocycles. The Kier molecular flexibility index (Phi) is 7.62. The van der Waals surface area contributed by atoms with Gasteiger partial charge in [0.1, 0.15) is 17.6 Å². The maximum Gasteiger partial charge on any atom is 0.354 e. The van der Waals surface area contributed by atoms with Crippen molar-refractivity contribution in [2.45, 2.75) is 39.0 Å². The molecule has 0 amide bonds. The minimum atomic E-state index is -0.735. The maximum atomic E-state index is 14.1. The average Bonchev–Trinajstić information content (AvgIpc) is 3.47. The molecule has 0 saturated carbocycles. The summed E-state index contributed by atoms with van der Waals surface area (Å²) in [4.78, 5) is 22.9. The molecule has 1 aliphatic heterocycles. The Hall–Kier alpha value is -3.62. The van der Waals surface area contributed by atoms with Crippen LogP contribution in [-0.4, -0.2) is 51.5 Å². The molecular weight excluding hydrogens is 571 g/mol. The van der Waals surface area contributed by atoms with Crippen molar-refractivity contribution < 1.29 is 9.52 Å². The largest absolute Gasteiger partial charge is 0.463 e. The van der Waals surface area contributed by atoms with E-state index in [4.69, 9.17) is 32.6 Å². The first-order valence-corrected chi connectivity index (χ1v) is 14.8. The van der Waals surface area contributed by atoms with Gasteiger partial charge >= 0.3 is 5.69 Å². The van der Waals surface area contributed by atoms with Crippen LogP contribution in [0.4, 0.5) is 5.82 Å². The molecule has 7 nitrogen and oxygen atoms in total. The van der Waals surface area contributed by atoms with Crippen LogP contribution in [0.15, 0.2) is 82.7 Å². The van der Waals surface area contributed by atoms with E-state index in [2.05, 4.69) is 32.3 Å². The van der Waals surface area contributed by atoms with Gasteiger partial charge in [-0.3, -0.25) is 9.47 Å². The zero-order chi connectivity index (χ0) is 29.7. The van der Waals surface area contributed by atoms with Crippen LogP contribution in [0.3, 0.4) is 0 Å². The molecule has 6 rings (SSSR count). The molecule has 2 aromatic heterocycles. The first-order valence-electron chi connectivity index (χ1n) is 14.0. The van der Waals surface area contributed by atoms with Crippen molar-refractivity contribution in [3.63, 3.8) is 0 Å². The lowest BCUT2D eigenvalue weighted by Crippen LogP contribution is -2.55. The zero-order valence-corrected chi connectivity index (χ0v) is 25.2. The minimum absolute atomic E-state index is 0.0469. The second kappa shape index (κ2) is 11.2. The predicted octanol–water partition coefficient (Wildman–Crippen LogP) is 7.24. The number of aliphatic hydroxyl groups excluding tert-OH is 1. The number of furan rings is 1. The molecule has 0 radical (unpaired) electrons. The molecule has 0 bridgehead atoms. The Bertz CT molecular complexity index is 1880. The van der Waals surface area contributed by atoms with Crippen molar-refractivity contribution in [3.8, 4) is 16.8 Å². The fraction of sp³-hybridized carbons (Fsp3) is 0.273. The molecule has 2 atom stereocenters. The Morgan fingerprint density at radius 3 is 2.62 bits per heavy atom. The highest BCUT2D eigenvalue weighted by Gasteiger charge is 2.31. The van der Waals surface area contributed by atoms with Crippen LogP contribution in [0.5, 0.6) is 0 Å². The van der Waals surface area contributed by atoms with E-state index in [1.807, 2.05) is 53.4 Å². The van der Waals surface area contributed by atoms with Crippen LogP contribution in [0.2, 0.25) is 10.0 Å². The van der Waals surface area contributed by atoms with E-state index in [0.29, 0.717) is 46.6 Å². The molecule has 1 aliphatic rings. The summed E-state index contributed by atoms with van der Waals surface area (Å²) in [5.74, 6) is 0.721. The molecule has 5 aromatic rings. The van der Waals surface area contributed by atoms with Crippen molar-refractivity contribution >= 4 is 50.9 Å². The molecule has 216 valence electrons. The van der Waals surface area contributed by atoms with Gasteiger partial charge in [0.25, 0.3) is 0 Å². The monoisotopic (exact) mass is 602 g/mol. The van der Waals surface area contributed by atoms with Gasteiger partial charge in [0.05, 0.1) is 32.9 Å². The normalized spacial score (nSPS) is 16.9. The molecule has 9 heteroatoms. The van der Waals surface area contributed by atoms with Crippen molar-refractivity contribution in [1.82, 2.24) is 14.5 Å². The fourth-order valence-corrected chi connectivity index (χ4v) is 6.46. The Balaban J connectivity index is 1.69. The number of piperazine rings is 1. The topological polar surface area (TPSA) is 74.7 Å². The van der Waals surface area contributed by atoms with Gasteiger partial charge in [0.15, 0.2) is 0 Å². The summed E-state index contributed by atoms with van der Waals surface area (Å²) in [5.41, 5.74) is 4.22. The Morgan fingerprint density at radius 2 is 1.88 bits per heavy atom. The highest BCUT2D eigenvalue weighted by Crippen LogP contribution is 2.43. The van der Waals surface area contributed by atoms with Gasteiger partial charge in [-0.25, -0.2) is 4.79 Å². The number of fused-ring (bicyclic) bond motifs is 3. The molecule has 1 N–H and O–H groups in total. The summed E-state index contributed by atoms with van der Waals surface area (Å²) in [6.07, 6.45) is 2.44. The third-order valence-electron chi connectivity index (χ3n) is 8.13. The van der Waals surface area contributed by atoms with Gasteiger partial charge in [-0.1, -0.05) is 74.0 Å². The lowest BCUT2D eigenvalue weighted by Gasteiger charge is -2.42. The van der Waals surface area contributed by atoms with Gasteiger partial charge < -0.3 is 14.4 Å². The molecular formula is C33H32Cl2N4O3. The SMILES string of the molecule is C=CC(O)N1CCN(c2nc(=O)n(-c3ccccc3C(C)C)c3cc(-c4cccc(Cl)c4Cl)c4ccoc4c23)[C@@H](C)C1. The molecule has 1 saturated heterocycles. The molecule has 1 fully saturated rings. The smallest absolute Gasteiger partial charge is 0.354 e. The van der Waals surface area contributed by atoms with Gasteiger partial charge in [0.2, 0.25) is 0 Å². The quantitative estimate of drug-likeness (QED) is 0.206. The summed E-state index contributed by atoms with van der Waals surface area (Å²) in [6, 6.07) is 17.3. The lowest BCUT2D eigenvalue weighted by molar-refractivity contribution is 0.0296. The maximum absolute atomic E-state index is 14.1. The van der Waals surface area contributed by atoms with Crippen LogP contribution < -0.4 is 10.6 Å². The van der Waals surface area contributed by atoms with Crippen molar-refractivity contribution in [1.29, 1.82) is 0 Å². The van der Waals surface area contributed by atoms with Crippen LogP contribution in [0.25, 0.3) is 38.7 Å². The van der Waals surface area contributed by atoms with Gasteiger partial charge in [0, 0.05) is 36.6 Å². The van der Waals surface area contributed by atoms with Crippen LogP contribution >= 0.6 is 23.2 Å². The summed E-state index contributed by atoms with van der Waals surface area (Å²) < 4.78 is 7.87. The van der Waals surface area contributed by atoms with Gasteiger partial charge in [-0.2, -0.15) is 4.98 Å². The highest BCUT2D eigenvalue weighted by molar-refractivity contribution is 6.44. The molecule has 0 spiro atoms. The number of nitrogens with zero attached hydrogens (tertiary/aromatic N) is 4.